The fourth-order valence-corrected chi connectivity index (χ4v) is 4.54. The molecule has 0 aliphatic rings. The Balaban J connectivity index is 1.41. The molecular weight excluding hydrogens is 549 g/mol. The van der Waals surface area contributed by atoms with E-state index in [1.165, 1.54) is 18.3 Å². The number of carbonyl (C=O) groups is 1. The number of pyridine rings is 1. The third-order valence-electron chi connectivity index (χ3n) is 6.67. The van der Waals surface area contributed by atoms with Gasteiger partial charge in [-0.1, -0.05) is 48.5 Å². The molecule has 12 heteroatoms. The topological polar surface area (TPSA) is 125 Å². The van der Waals surface area contributed by atoms with Crippen LogP contribution in [0.2, 0.25) is 0 Å². The maximum Gasteiger partial charge on any atom is 0.418 e. The summed E-state index contributed by atoms with van der Waals surface area (Å²) in [6, 6.07) is 18.4. The van der Waals surface area contributed by atoms with E-state index >= 15 is 0 Å². The molecule has 5 aromatic rings. The summed E-state index contributed by atoms with van der Waals surface area (Å²) in [6.07, 6.45) is -2.31. The Morgan fingerprint density at radius 1 is 1.05 bits per heavy atom. The summed E-state index contributed by atoms with van der Waals surface area (Å²) in [5, 5.41) is 16.4. The molecule has 1 amide bonds. The number of anilines is 1. The number of aromatic nitrogens is 4. The van der Waals surface area contributed by atoms with E-state index in [2.05, 4.69) is 25.6 Å². The minimum absolute atomic E-state index is 0.00270. The van der Waals surface area contributed by atoms with Crippen LogP contribution in [0.4, 0.5) is 19.0 Å². The van der Waals surface area contributed by atoms with Crippen molar-refractivity contribution in [3.8, 4) is 11.3 Å². The summed E-state index contributed by atoms with van der Waals surface area (Å²) in [6.45, 7) is 0.121. The molecule has 1 unspecified atom stereocenters. The summed E-state index contributed by atoms with van der Waals surface area (Å²) in [5.41, 5.74) is 1.92. The summed E-state index contributed by atoms with van der Waals surface area (Å²) in [4.78, 5) is 38.0. The zero-order chi connectivity index (χ0) is 29.7. The van der Waals surface area contributed by atoms with Gasteiger partial charge < -0.3 is 20.7 Å². The van der Waals surface area contributed by atoms with Crippen molar-refractivity contribution in [2.75, 3.05) is 11.9 Å². The Bertz CT molecular complexity index is 1720. The van der Waals surface area contributed by atoms with E-state index in [1.54, 1.807) is 18.5 Å². The predicted molar refractivity (Wildman–Crippen MR) is 152 cm³/mol. The number of carbonyl (C=O) groups excluding carboxylic acids is 1. The largest absolute Gasteiger partial charge is 0.418 e. The number of aliphatic hydroxyl groups is 1. The first-order valence-electron chi connectivity index (χ1n) is 13.1. The second-order valence-electron chi connectivity index (χ2n) is 9.65. The van der Waals surface area contributed by atoms with Gasteiger partial charge in [0.2, 0.25) is 5.91 Å². The Labute approximate surface area is 238 Å². The number of hydrogen-bond donors (Lipinski definition) is 4. The van der Waals surface area contributed by atoms with Crippen LogP contribution in [0.15, 0.2) is 90.1 Å². The number of aliphatic hydroxyl groups excluding tert-OH is 1. The second-order valence-corrected chi connectivity index (χ2v) is 9.65. The zero-order valence-corrected chi connectivity index (χ0v) is 22.2. The molecule has 0 bridgehead atoms. The lowest BCUT2D eigenvalue weighted by atomic mass is 10.0. The highest BCUT2D eigenvalue weighted by Crippen LogP contribution is 2.34. The molecule has 42 heavy (non-hydrogen) atoms. The van der Waals surface area contributed by atoms with Crippen LogP contribution < -0.4 is 16.2 Å². The first-order chi connectivity index (χ1) is 20.2. The molecule has 4 N–H and O–H groups in total. The Morgan fingerprint density at radius 3 is 2.62 bits per heavy atom. The predicted octanol–water partition coefficient (Wildman–Crippen LogP) is 4.35. The smallest absolute Gasteiger partial charge is 0.379 e. The van der Waals surface area contributed by atoms with Crippen molar-refractivity contribution in [3.63, 3.8) is 0 Å². The second kappa shape index (κ2) is 12.3. The molecule has 0 aliphatic carbocycles. The van der Waals surface area contributed by atoms with Crippen LogP contribution in [0.1, 0.15) is 22.9 Å². The van der Waals surface area contributed by atoms with Gasteiger partial charge >= 0.3 is 6.18 Å². The first kappa shape index (κ1) is 28.6. The molecular formula is C30H27F3N6O3. The molecule has 0 fully saturated rings. The first-order valence-corrected chi connectivity index (χ1v) is 13.1. The van der Waals surface area contributed by atoms with Gasteiger partial charge in [-0.05, 0) is 35.7 Å². The van der Waals surface area contributed by atoms with Gasteiger partial charge in [0.15, 0.2) is 11.9 Å². The number of halogens is 3. The van der Waals surface area contributed by atoms with Crippen molar-refractivity contribution in [2.45, 2.75) is 31.8 Å². The maximum atomic E-state index is 13.5. The van der Waals surface area contributed by atoms with Crippen molar-refractivity contribution in [1.82, 2.24) is 24.8 Å². The van der Waals surface area contributed by atoms with Gasteiger partial charge in [-0.15, -0.1) is 0 Å². The molecule has 1 atom stereocenters. The van der Waals surface area contributed by atoms with Crippen molar-refractivity contribution in [2.24, 2.45) is 0 Å². The van der Waals surface area contributed by atoms with E-state index in [-0.39, 0.29) is 23.6 Å². The molecule has 0 saturated heterocycles. The van der Waals surface area contributed by atoms with E-state index in [0.29, 0.717) is 13.0 Å². The van der Waals surface area contributed by atoms with Crippen molar-refractivity contribution in [3.05, 3.63) is 112 Å². The third kappa shape index (κ3) is 6.66. The highest BCUT2D eigenvalue weighted by atomic mass is 19.4. The summed E-state index contributed by atoms with van der Waals surface area (Å²) >= 11 is 0. The summed E-state index contributed by atoms with van der Waals surface area (Å²) in [5.74, 6) is -0.500. The lowest BCUT2D eigenvalue weighted by molar-refractivity contribution is -0.206. The monoisotopic (exact) mass is 576 g/mol. The van der Waals surface area contributed by atoms with Crippen LogP contribution in [0.3, 0.4) is 0 Å². The Hall–Kier alpha value is -4.97. The summed E-state index contributed by atoms with van der Waals surface area (Å²) in [7, 11) is 0. The molecule has 9 nitrogen and oxygen atoms in total. The van der Waals surface area contributed by atoms with Crippen LogP contribution in [-0.4, -0.2) is 43.3 Å². The number of H-pyrrole nitrogens is 1. The normalized spacial score (nSPS) is 12.3. The fourth-order valence-electron chi connectivity index (χ4n) is 4.54. The van der Waals surface area contributed by atoms with Crippen molar-refractivity contribution < 1.29 is 23.1 Å². The van der Waals surface area contributed by atoms with Crippen LogP contribution in [0.5, 0.6) is 0 Å². The quantitative estimate of drug-likeness (QED) is 0.196. The Kier molecular flexibility index (Phi) is 8.34. The number of benzene rings is 2. The number of rotatable bonds is 10. The number of hydrogen-bond acceptors (Lipinski definition) is 6. The van der Waals surface area contributed by atoms with Gasteiger partial charge in [0.25, 0.3) is 5.56 Å². The van der Waals surface area contributed by atoms with Crippen LogP contribution in [0.25, 0.3) is 22.2 Å². The van der Waals surface area contributed by atoms with Crippen molar-refractivity contribution >= 4 is 22.6 Å². The van der Waals surface area contributed by atoms with Gasteiger partial charge in [0.1, 0.15) is 6.54 Å². The lowest BCUT2D eigenvalue weighted by Crippen LogP contribution is -2.34. The molecule has 0 spiro atoms. The average Bonchev–Trinajstić information content (AvgIpc) is 3.41. The van der Waals surface area contributed by atoms with Crippen molar-refractivity contribution in [1.29, 1.82) is 0 Å². The number of aromatic amines is 1. The number of fused-ring (bicyclic) bond motifs is 1. The third-order valence-corrected chi connectivity index (χ3v) is 6.67. The molecule has 0 radical (unpaired) electrons. The van der Waals surface area contributed by atoms with Gasteiger partial charge in [0.05, 0.1) is 18.4 Å². The number of alkyl halides is 3. The number of amides is 1. The molecule has 3 heterocycles. The van der Waals surface area contributed by atoms with Gasteiger partial charge in [-0.25, -0.2) is 4.98 Å². The lowest BCUT2D eigenvalue weighted by Gasteiger charge is -2.18. The average molecular weight is 577 g/mol. The highest BCUT2D eigenvalue weighted by molar-refractivity contribution is 5.80. The molecule has 0 saturated carbocycles. The number of nitrogens with one attached hydrogen (secondary N) is 3. The molecule has 5 rings (SSSR count). The van der Waals surface area contributed by atoms with Gasteiger partial charge in [0, 0.05) is 41.1 Å². The van der Waals surface area contributed by atoms with Crippen LogP contribution in [0, 0.1) is 0 Å². The minimum Gasteiger partial charge on any atom is -0.379 e. The number of nitrogens with zero attached hydrogens (tertiary/aromatic N) is 3. The van der Waals surface area contributed by atoms with Crippen LogP contribution >= 0.6 is 0 Å². The minimum atomic E-state index is -4.87. The zero-order valence-electron chi connectivity index (χ0n) is 22.2. The summed E-state index contributed by atoms with van der Waals surface area (Å²) < 4.78 is 40.7. The van der Waals surface area contributed by atoms with E-state index in [0.717, 1.165) is 38.9 Å². The SMILES string of the molecule is O=C(Cn1c(-c2cccc(C(O)C(F)(F)F)c2)cnc(NCCc2ccccc2)c1=O)NCc1cc2cnccc2[nH]1. The van der Waals surface area contributed by atoms with E-state index < -0.39 is 35.9 Å². The fraction of sp³-hybridized carbons (Fsp3) is 0.200. The molecule has 3 aromatic heterocycles. The Morgan fingerprint density at radius 2 is 1.86 bits per heavy atom. The maximum absolute atomic E-state index is 13.5. The van der Waals surface area contributed by atoms with Gasteiger partial charge in [-0.3, -0.25) is 19.1 Å². The molecule has 216 valence electrons. The van der Waals surface area contributed by atoms with Gasteiger partial charge in [-0.2, -0.15) is 13.2 Å². The van der Waals surface area contributed by atoms with E-state index in [9.17, 15) is 27.9 Å². The molecule has 2 aromatic carbocycles. The van der Waals surface area contributed by atoms with Crippen LogP contribution in [-0.2, 0) is 24.3 Å². The van der Waals surface area contributed by atoms with E-state index in [1.807, 2.05) is 36.4 Å². The highest BCUT2D eigenvalue weighted by Gasteiger charge is 2.39. The van der Waals surface area contributed by atoms with E-state index in [4.69, 9.17) is 0 Å². The standard InChI is InChI=1S/C30H27F3N6O3/c31-30(32,33)27(41)21-8-4-7-20(13-21)25-17-37-28(35-12-9-19-5-2-1-3-6-19)29(42)39(25)18-26(40)36-16-23-14-22-15-34-11-10-24(22)38-23/h1-8,10-11,13-15,17,27,38,41H,9,12,16,18H2,(H,35,37)(H,36,40). The molecule has 0 aliphatic heterocycles.